The number of carbonyl (C=O) groups excluding carboxylic acids is 1. The summed E-state index contributed by atoms with van der Waals surface area (Å²) in [6.07, 6.45) is 6.75. The third-order valence-electron chi connectivity index (χ3n) is 4.70. The predicted octanol–water partition coefficient (Wildman–Crippen LogP) is 2.35. The topological polar surface area (TPSA) is 69.0 Å². The number of alkyl carbamates (subject to hydrolysis) is 1. The van der Waals surface area contributed by atoms with E-state index in [9.17, 15) is 4.79 Å². The number of rotatable bonds is 6. The monoisotopic (exact) mass is 316 g/mol. The number of hydrogen-bond acceptors (Lipinski definition) is 4. The molecule has 23 heavy (non-hydrogen) atoms. The summed E-state index contributed by atoms with van der Waals surface area (Å²) in [4.78, 5) is 11.8. The van der Waals surface area contributed by atoms with Gasteiger partial charge in [-0.25, -0.2) is 4.79 Å². The summed E-state index contributed by atoms with van der Waals surface area (Å²) in [7, 11) is 0. The number of hydrogen-bond donors (Lipinski definition) is 1. The van der Waals surface area contributed by atoms with Crippen molar-refractivity contribution in [1.82, 2.24) is 20.3 Å². The quantitative estimate of drug-likeness (QED) is 0.818. The fourth-order valence-electron chi connectivity index (χ4n) is 3.43. The average Bonchev–Trinajstić information content (AvgIpc) is 2.94. The summed E-state index contributed by atoms with van der Waals surface area (Å²) in [6, 6.07) is 0. The van der Waals surface area contributed by atoms with Crippen molar-refractivity contribution in [1.29, 1.82) is 0 Å². The van der Waals surface area contributed by atoms with Gasteiger partial charge in [0.2, 0.25) is 0 Å². The summed E-state index contributed by atoms with van der Waals surface area (Å²) in [5, 5.41) is 10.8. The molecule has 2 atom stereocenters. The van der Waals surface area contributed by atoms with Gasteiger partial charge in [0.25, 0.3) is 0 Å². The molecule has 1 saturated carbocycles. The van der Waals surface area contributed by atoms with Crippen molar-refractivity contribution in [3.8, 4) is 11.8 Å². The van der Waals surface area contributed by atoms with Crippen molar-refractivity contribution < 1.29 is 9.53 Å². The second-order valence-electron chi connectivity index (χ2n) is 6.35. The molecule has 0 aliphatic heterocycles. The van der Waals surface area contributed by atoms with E-state index in [0.717, 1.165) is 44.3 Å². The average molecular weight is 316 g/mol. The maximum Gasteiger partial charge on any atom is 0.407 e. The van der Waals surface area contributed by atoms with Gasteiger partial charge in [0, 0.05) is 19.4 Å². The van der Waals surface area contributed by atoms with E-state index in [2.05, 4.69) is 34.4 Å². The van der Waals surface area contributed by atoms with Gasteiger partial charge in [-0.15, -0.1) is 16.9 Å². The Labute approximate surface area is 137 Å². The van der Waals surface area contributed by atoms with E-state index in [4.69, 9.17) is 4.74 Å². The van der Waals surface area contributed by atoms with E-state index in [0.29, 0.717) is 30.9 Å². The van der Waals surface area contributed by atoms with Crippen molar-refractivity contribution in [3.05, 3.63) is 11.9 Å². The fraction of sp³-hybridized carbons (Fsp3) is 0.706. The number of nitrogens with zero attached hydrogens (tertiary/aromatic N) is 3. The van der Waals surface area contributed by atoms with E-state index in [-0.39, 0.29) is 6.09 Å². The summed E-state index contributed by atoms with van der Waals surface area (Å²) in [5.74, 6) is 8.31. The summed E-state index contributed by atoms with van der Waals surface area (Å²) in [5.41, 5.74) is 0.751. The molecular weight excluding hydrogens is 292 g/mol. The largest absolute Gasteiger partial charge is 0.449 e. The molecule has 3 rings (SSSR count). The standard InChI is InChI=1S/C17H24N4O2/c1-2-9-21-11-13(19-20-21)10-18-17(22)23-12-16-14-7-5-3-4-6-8-15(14)16/h11,14-16H,2,5-10,12H2,1H3,(H,18,22). The first kappa shape index (κ1) is 15.9. The third kappa shape index (κ3) is 4.25. The Morgan fingerprint density at radius 1 is 1.39 bits per heavy atom. The van der Waals surface area contributed by atoms with Crippen LogP contribution in [0.1, 0.15) is 44.7 Å². The molecule has 1 aromatic heterocycles. The SMILES string of the molecule is CCCn1cc(CNC(=O)OCC2C3CCC#CCCC32)nn1. The Balaban J connectivity index is 1.35. The zero-order valence-corrected chi connectivity index (χ0v) is 13.6. The lowest BCUT2D eigenvalue weighted by Crippen LogP contribution is -2.25. The highest BCUT2D eigenvalue weighted by atomic mass is 16.5. The molecule has 1 N–H and O–H groups in total. The van der Waals surface area contributed by atoms with Gasteiger partial charge in [0.1, 0.15) is 5.69 Å². The first-order chi connectivity index (χ1) is 11.3. The summed E-state index contributed by atoms with van der Waals surface area (Å²) in [6.45, 7) is 3.80. The zero-order valence-electron chi connectivity index (χ0n) is 13.6. The highest BCUT2D eigenvalue weighted by molar-refractivity contribution is 5.67. The lowest BCUT2D eigenvalue weighted by atomic mass is 10.1. The van der Waals surface area contributed by atoms with Crippen molar-refractivity contribution in [2.45, 2.75) is 52.1 Å². The minimum atomic E-state index is -0.370. The lowest BCUT2D eigenvalue weighted by molar-refractivity contribution is 0.137. The Morgan fingerprint density at radius 3 is 2.83 bits per heavy atom. The number of aryl methyl sites for hydroxylation is 1. The van der Waals surface area contributed by atoms with Crippen LogP contribution in [0.25, 0.3) is 0 Å². The van der Waals surface area contributed by atoms with E-state index in [1.165, 1.54) is 0 Å². The van der Waals surface area contributed by atoms with Gasteiger partial charge in [-0.3, -0.25) is 4.68 Å². The Hall–Kier alpha value is -2.03. The van der Waals surface area contributed by atoms with Crippen LogP contribution in [0.4, 0.5) is 4.79 Å². The van der Waals surface area contributed by atoms with Crippen molar-refractivity contribution >= 4 is 6.09 Å². The predicted molar refractivity (Wildman–Crippen MR) is 85.2 cm³/mol. The van der Waals surface area contributed by atoms with E-state index >= 15 is 0 Å². The molecule has 124 valence electrons. The molecule has 6 nitrogen and oxygen atoms in total. The van der Waals surface area contributed by atoms with Crippen LogP contribution in [-0.4, -0.2) is 27.7 Å². The molecular formula is C17H24N4O2. The molecule has 0 aromatic carbocycles. The molecule has 2 unspecified atom stereocenters. The molecule has 0 bridgehead atoms. The zero-order chi connectivity index (χ0) is 16.1. The molecule has 2 aliphatic rings. The van der Waals surface area contributed by atoms with Gasteiger partial charge in [0.15, 0.2) is 0 Å². The Bertz CT molecular complexity index is 583. The van der Waals surface area contributed by atoms with Gasteiger partial charge in [-0.05, 0) is 37.0 Å². The number of ether oxygens (including phenoxy) is 1. The van der Waals surface area contributed by atoms with Crippen LogP contribution in [0.15, 0.2) is 6.20 Å². The summed E-state index contributed by atoms with van der Waals surface area (Å²) < 4.78 is 7.15. The fourth-order valence-corrected chi connectivity index (χ4v) is 3.43. The number of carbonyl (C=O) groups is 1. The number of fused-ring (bicyclic) bond motifs is 1. The van der Waals surface area contributed by atoms with Crippen molar-refractivity contribution in [3.63, 3.8) is 0 Å². The van der Waals surface area contributed by atoms with Gasteiger partial charge in [0.05, 0.1) is 19.3 Å². The molecule has 6 heteroatoms. The van der Waals surface area contributed by atoms with Crippen LogP contribution >= 0.6 is 0 Å². The molecule has 1 fully saturated rings. The lowest BCUT2D eigenvalue weighted by Gasteiger charge is -2.05. The van der Waals surface area contributed by atoms with E-state index in [1.807, 2.05) is 6.20 Å². The minimum Gasteiger partial charge on any atom is -0.449 e. The number of amides is 1. The second kappa shape index (κ2) is 7.49. The summed E-state index contributed by atoms with van der Waals surface area (Å²) >= 11 is 0. The molecule has 0 saturated heterocycles. The van der Waals surface area contributed by atoms with Gasteiger partial charge < -0.3 is 10.1 Å². The normalized spacial score (nSPS) is 25.3. The van der Waals surface area contributed by atoms with E-state index in [1.54, 1.807) is 4.68 Å². The molecule has 2 aliphatic carbocycles. The number of aromatic nitrogens is 3. The highest BCUT2D eigenvalue weighted by Gasteiger charge is 2.49. The Morgan fingerprint density at radius 2 is 2.13 bits per heavy atom. The number of nitrogens with one attached hydrogen (secondary N) is 1. The van der Waals surface area contributed by atoms with Crippen molar-refractivity contribution in [2.24, 2.45) is 17.8 Å². The smallest absolute Gasteiger partial charge is 0.407 e. The molecule has 0 radical (unpaired) electrons. The Kier molecular flexibility index (Phi) is 5.16. The van der Waals surface area contributed by atoms with Gasteiger partial charge in [-0.1, -0.05) is 12.1 Å². The van der Waals surface area contributed by atoms with E-state index < -0.39 is 0 Å². The highest BCUT2D eigenvalue weighted by Crippen LogP contribution is 2.52. The van der Waals surface area contributed by atoms with Crippen molar-refractivity contribution in [2.75, 3.05) is 6.61 Å². The van der Waals surface area contributed by atoms with Crippen LogP contribution < -0.4 is 5.32 Å². The molecule has 1 aromatic rings. The molecule has 1 heterocycles. The van der Waals surface area contributed by atoms with Crippen LogP contribution in [0.2, 0.25) is 0 Å². The van der Waals surface area contributed by atoms with Crippen LogP contribution in [-0.2, 0) is 17.8 Å². The third-order valence-corrected chi connectivity index (χ3v) is 4.70. The van der Waals surface area contributed by atoms with Crippen LogP contribution in [0, 0.1) is 29.6 Å². The first-order valence-electron chi connectivity index (χ1n) is 8.53. The minimum absolute atomic E-state index is 0.355. The molecule has 0 spiro atoms. The molecule has 1 amide bonds. The van der Waals surface area contributed by atoms with Gasteiger partial charge in [-0.2, -0.15) is 0 Å². The van der Waals surface area contributed by atoms with Gasteiger partial charge >= 0.3 is 6.09 Å². The maximum atomic E-state index is 11.8. The van der Waals surface area contributed by atoms with Crippen LogP contribution in [0.5, 0.6) is 0 Å². The second-order valence-corrected chi connectivity index (χ2v) is 6.35. The van der Waals surface area contributed by atoms with Crippen LogP contribution in [0.3, 0.4) is 0 Å². The first-order valence-corrected chi connectivity index (χ1v) is 8.53. The maximum absolute atomic E-state index is 11.8.